The number of halogens is 2. The quantitative estimate of drug-likeness (QED) is 0.626. The van der Waals surface area contributed by atoms with E-state index in [0.717, 1.165) is 44.3 Å². The molecule has 0 radical (unpaired) electrons. The molecule has 7 heteroatoms. The maximum atomic E-state index is 13.9. The van der Waals surface area contributed by atoms with Crippen LogP contribution in [0.4, 0.5) is 4.39 Å². The standard InChI is InChI=1S/C26H32ClFN2O3/c1-32-25-10-12-30-18-21(25)5-2-3-11-29(17-19-8-9-23(27)24(28)15-19)13-14-33-22-7-4-6-20(16-22)26(30)31/h4,6-9,15-16,21,25H,2-3,5,10-14,17-18H2,1H3/t21-,25+/m0/s1. The van der Waals surface area contributed by atoms with Crippen LogP contribution in [0.2, 0.25) is 5.02 Å². The molecule has 178 valence electrons. The molecule has 1 fully saturated rings. The molecule has 0 saturated carbocycles. The van der Waals surface area contributed by atoms with Gasteiger partial charge in [0.25, 0.3) is 5.91 Å². The van der Waals surface area contributed by atoms with E-state index in [0.29, 0.717) is 43.5 Å². The van der Waals surface area contributed by atoms with Crippen LogP contribution in [-0.4, -0.2) is 61.7 Å². The minimum absolute atomic E-state index is 0.0567. The van der Waals surface area contributed by atoms with Crippen LogP contribution in [-0.2, 0) is 11.3 Å². The predicted molar refractivity (Wildman–Crippen MR) is 127 cm³/mol. The summed E-state index contributed by atoms with van der Waals surface area (Å²) >= 11 is 5.85. The van der Waals surface area contributed by atoms with E-state index < -0.39 is 5.82 Å². The lowest BCUT2D eigenvalue weighted by Crippen LogP contribution is -2.46. The number of hydrogen-bond acceptors (Lipinski definition) is 4. The molecule has 2 atom stereocenters. The lowest BCUT2D eigenvalue weighted by Gasteiger charge is -2.38. The van der Waals surface area contributed by atoms with Crippen LogP contribution >= 0.6 is 11.6 Å². The van der Waals surface area contributed by atoms with E-state index in [1.54, 1.807) is 13.2 Å². The molecule has 1 saturated heterocycles. The summed E-state index contributed by atoms with van der Waals surface area (Å²) in [6.45, 7) is 4.15. The van der Waals surface area contributed by atoms with Gasteiger partial charge in [-0.2, -0.15) is 0 Å². The highest BCUT2D eigenvalue weighted by molar-refractivity contribution is 6.30. The van der Waals surface area contributed by atoms with Gasteiger partial charge in [-0.05, 0) is 61.7 Å². The topological polar surface area (TPSA) is 42.0 Å². The largest absolute Gasteiger partial charge is 0.492 e. The molecule has 2 aliphatic heterocycles. The zero-order chi connectivity index (χ0) is 23.2. The average molecular weight is 475 g/mol. The molecule has 0 N–H and O–H groups in total. The van der Waals surface area contributed by atoms with E-state index in [1.165, 1.54) is 6.07 Å². The van der Waals surface area contributed by atoms with Gasteiger partial charge in [-0.1, -0.05) is 30.2 Å². The molecule has 0 aliphatic carbocycles. The Hall–Kier alpha value is -2.15. The Morgan fingerprint density at radius 2 is 2.00 bits per heavy atom. The molecule has 2 heterocycles. The third-order valence-corrected chi connectivity index (χ3v) is 7.01. The zero-order valence-corrected chi connectivity index (χ0v) is 19.9. The van der Waals surface area contributed by atoms with Crippen molar-refractivity contribution < 1.29 is 18.7 Å². The van der Waals surface area contributed by atoms with E-state index in [9.17, 15) is 9.18 Å². The summed E-state index contributed by atoms with van der Waals surface area (Å²) in [6, 6.07) is 12.4. The molecule has 0 unspecified atom stereocenters. The van der Waals surface area contributed by atoms with Crippen LogP contribution in [0.3, 0.4) is 0 Å². The summed E-state index contributed by atoms with van der Waals surface area (Å²) in [5.74, 6) is 0.687. The number of carbonyl (C=O) groups is 1. The van der Waals surface area contributed by atoms with Gasteiger partial charge in [0.2, 0.25) is 0 Å². The molecule has 0 aromatic heterocycles. The van der Waals surface area contributed by atoms with Crippen LogP contribution in [0.1, 0.15) is 41.6 Å². The van der Waals surface area contributed by atoms with Gasteiger partial charge in [-0.3, -0.25) is 9.69 Å². The maximum absolute atomic E-state index is 13.9. The number of hydrogen-bond donors (Lipinski definition) is 0. The maximum Gasteiger partial charge on any atom is 0.254 e. The first-order valence-electron chi connectivity index (χ1n) is 11.7. The number of amides is 1. The first-order valence-corrected chi connectivity index (χ1v) is 12.1. The summed E-state index contributed by atoms with van der Waals surface area (Å²) in [7, 11) is 1.77. The van der Waals surface area contributed by atoms with Crippen LogP contribution in [0.15, 0.2) is 42.5 Å². The van der Waals surface area contributed by atoms with Crippen LogP contribution in [0, 0.1) is 11.7 Å². The number of carbonyl (C=O) groups excluding carboxylic acids is 1. The highest BCUT2D eigenvalue weighted by Crippen LogP contribution is 2.27. The van der Waals surface area contributed by atoms with Crippen molar-refractivity contribution in [1.29, 1.82) is 0 Å². The minimum atomic E-state index is -0.391. The van der Waals surface area contributed by atoms with Crippen molar-refractivity contribution >= 4 is 17.5 Å². The van der Waals surface area contributed by atoms with Crippen LogP contribution in [0.25, 0.3) is 0 Å². The lowest BCUT2D eigenvalue weighted by molar-refractivity contribution is -0.00676. The number of rotatable bonds is 3. The SMILES string of the molecule is CO[C@@H]1CCN2C[C@@H]1CCCCN(Cc1ccc(Cl)c(F)c1)CCOc1cccc(c1)C2=O. The number of fused-ring (bicyclic) bond motifs is 4. The third kappa shape index (κ3) is 6.25. The first kappa shape index (κ1) is 24.0. The number of methoxy groups -OCH3 is 1. The van der Waals surface area contributed by atoms with Gasteiger partial charge in [-0.25, -0.2) is 4.39 Å². The van der Waals surface area contributed by atoms with Crippen molar-refractivity contribution in [3.8, 4) is 5.75 Å². The normalized spacial score (nSPS) is 22.9. The summed E-state index contributed by atoms with van der Waals surface area (Å²) in [5, 5.41) is 0.141. The highest BCUT2D eigenvalue weighted by atomic mass is 35.5. The molecular weight excluding hydrogens is 443 g/mol. The van der Waals surface area contributed by atoms with Gasteiger partial charge in [0, 0.05) is 44.8 Å². The number of piperidine rings is 1. The summed E-state index contributed by atoms with van der Waals surface area (Å²) < 4.78 is 25.7. The smallest absolute Gasteiger partial charge is 0.254 e. The fraction of sp³-hybridized carbons (Fsp3) is 0.500. The molecule has 2 aromatic carbocycles. The second-order valence-corrected chi connectivity index (χ2v) is 9.38. The Labute approximate surface area is 200 Å². The third-order valence-electron chi connectivity index (χ3n) is 6.70. The van der Waals surface area contributed by atoms with Crippen molar-refractivity contribution in [2.24, 2.45) is 5.92 Å². The highest BCUT2D eigenvalue weighted by Gasteiger charge is 2.31. The van der Waals surface area contributed by atoms with E-state index >= 15 is 0 Å². The van der Waals surface area contributed by atoms with E-state index in [4.69, 9.17) is 21.1 Å². The van der Waals surface area contributed by atoms with Crippen molar-refractivity contribution in [2.75, 3.05) is 39.9 Å². The average Bonchev–Trinajstić information content (AvgIpc) is 2.83. The summed E-state index contributed by atoms with van der Waals surface area (Å²) in [5.41, 5.74) is 1.55. The van der Waals surface area contributed by atoms with Crippen molar-refractivity contribution in [3.05, 3.63) is 64.4 Å². The predicted octanol–water partition coefficient (Wildman–Crippen LogP) is 5.02. The number of nitrogens with zero attached hydrogens (tertiary/aromatic N) is 2. The van der Waals surface area contributed by atoms with Gasteiger partial charge in [-0.15, -0.1) is 0 Å². The van der Waals surface area contributed by atoms with E-state index in [-0.39, 0.29) is 17.0 Å². The Bertz CT molecular complexity index is 957. The molecule has 2 aromatic rings. The molecule has 4 bridgehead atoms. The molecule has 1 amide bonds. The molecule has 2 aliphatic rings. The Balaban J connectivity index is 1.50. The fourth-order valence-corrected chi connectivity index (χ4v) is 5.00. The van der Waals surface area contributed by atoms with Gasteiger partial charge in [0.15, 0.2) is 0 Å². The zero-order valence-electron chi connectivity index (χ0n) is 19.1. The molecule has 4 rings (SSSR count). The van der Waals surface area contributed by atoms with Gasteiger partial charge in [0.05, 0.1) is 11.1 Å². The second kappa shape index (κ2) is 11.3. The lowest BCUT2D eigenvalue weighted by atomic mass is 9.89. The number of benzene rings is 2. The Kier molecular flexibility index (Phi) is 8.23. The van der Waals surface area contributed by atoms with Crippen molar-refractivity contribution in [1.82, 2.24) is 9.80 Å². The van der Waals surface area contributed by atoms with Gasteiger partial charge < -0.3 is 14.4 Å². The molecule has 33 heavy (non-hydrogen) atoms. The summed E-state index contributed by atoms with van der Waals surface area (Å²) in [4.78, 5) is 17.4. The number of ether oxygens (including phenoxy) is 2. The molecule has 0 spiro atoms. The monoisotopic (exact) mass is 474 g/mol. The van der Waals surface area contributed by atoms with Crippen LogP contribution in [0.5, 0.6) is 5.75 Å². The minimum Gasteiger partial charge on any atom is -0.492 e. The summed E-state index contributed by atoms with van der Waals surface area (Å²) in [6.07, 6.45) is 4.13. The van der Waals surface area contributed by atoms with E-state index in [1.807, 2.05) is 35.2 Å². The van der Waals surface area contributed by atoms with Crippen molar-refractivity contribution in [2.45, 2.75) is 38.3 Å². The second-order valence-electron chi connectivity index (χ2n) is 8.97. The Morgan fingerprint density at radius 1 is 1.12 bits per heavy atom. The molecule has 5 nitrogen and oxygen atoms in total. The van der Waals surface area contributed by atoms with E-state index in [2.05, 4.69) is 4.90 Å². The van der Waals surface area contributed by atoms with Gasteiger partial charge in [0.1, 0.15) is 18.2 Å². The Morgan fingerprint density at radius 3 is 2.82 bits per heavy atom. The molecular formula is C26H32ClFN2O3. The van der Waals surface area contributed by atoms with Crippen molar-refractivity contribution in [3.63, 3.8) is 0 Å². The van der Waals surface area contributed by atoms with Gasteiger partial charge >= 0.3 is 0 Å². The fourth-order valence-electron chi connectivity index (χ4n) is 4.88. The van der Waals surface area contributed by atoms with Crippen LogP contribution < -0.4 is 4.74 Å². The first-order chi connectivity index (χ1) is 16.0.